The van der Waals surface area contributed by atoms with Crippen LogP contribution in [-0.4, -0.2) is 61.0 Å². The van der Waals surface area contributed by atoms with Crippen LogP contribution < -0.4 is 0 Å². The average molecular weight is 513 g/mol. The summed E-state index contributed by atoms with van der Waals surface area (Å²) in [6.07, 6.45) is 4.67. The highest BCUT2D eigenvalue weighted by Crippen LogP contribution is 2.71. The van der Waals surface area contributed by atoms with Crippen molar-refractivity contribution in [3.05, 3.63) is 23.8 Å². The first-order chi connectivity index (χ1) is 16.4. The second-order valence-corrected chi connectivity index (χ2v) is 12.8. The van der Waals surface area contributed by atoms with Gasteiger partial charge in [-0.2, -0.15) is 0 Å². The normalized spacial score (nSPS) is 48.2. The molecule has 0 aromatic carbocycles. The van der Waals surface area contributed by atoms with E-state index in [1.807, 2.05) is 13.8 Å². The summed E-state index contributed by atoms with van der Waals surface area (Å²) in [7, 11) is -2.33. The van der Waals surface area contributed by atoms with E-state index in [0.29, 0.717) is 24.8 Å². The molecule has 5 rings (SSSR count). The van der Waals surface area contributed by atoms with Crippen molar-refractivity contribution in [3.63, 3.8) is 0 Å². The summed E-state index contributed by atoms with van der Waals surface area (Å²) in [4.78, 5) is 25.7. The molecular formula is C25H34FO8P. The zero-order valence-electron chi connectivity index (χ0n) is 20.6. The van der Waals surface area contributed by atoms with Crippen molar-refractivity contribution in [2.24, 2.45) is 28.6 Å². The molecule has 4 fully saturated rings. The molecule has 0 radical (unpaired) electrons. The largest absolute Gasteiger partial charge is 0.475 e. The Bertz CT molecular complexity index is 1050. The van der Waals surface area contributed by atoms with E-state index in [2.05, 4.69) is 0 Å². The maximum atomic E-state index is 17.3. The van der Waals surface area contributed by atoms with Crippen molar-refractivity contribution in [3.8, 4) is 0 Å². The van der Waals surface area contributed by atoms with Gasteiger partial charge in [0.15, 0.2) is 17.2 Å². The molecule has 8 nitrogen and oxygen atoms in total. The molecule has 10 heteroatoms. The van der Waals surface area contributed by atoms with Crippen LogP contribution in [0.5, 0.6) is 0 Å². The predicted octanol–water partition coefficient (Wildman–Crippen LogP) is 3.73. The molecule has 194 valence electrons. The molecule has 0 bridgehead atoms. The molecule has 0 aromatic heterocycles. The first-order valence-corrected chi connectivity index (χ1v) is 13.8. The Balaban J connectivity index is 1.51. The van der Waals surface area contributed by atoms with Crippen LogP contribution in [0.3, 0.4) is 0 Å². The number of phosphoric acid groups is 1. The second kappa shape index (κ2) is 8.14. The average Bonchev–Trinajstić information content (AvgIpc) is 3.33. The Labute approximate surface area is 204 Å². The lowest BCUT2D eigenvalue weighted by Crippen LogP contribution is -2.69. The SMILES string of the molecule is CO[C@]1(C(=O)COP2(=O)OCCO2)[C@H](C)C[C@H]2[C@@H]3CCC4=CC(=O)C=C[C@]4(C)[C@@]3(F)[C@@H](O)C[C@@]21C. The van der Waals surface area contributed by atoms with E-state index in [1.54, 1.807) is 13.0 Å². The van der Waals surface area contributed by atoms with Gasteiger partial charge in [0, 0.05) is 23.9 Å². The van der Waals surface area contributed by atoms with Crippen LogP contribution in [0.25, 0.3) is 0 Å². The monoisotopic (exact) mass is 512 g/mol. The quantitative estimate of drug-likeness (QED) is 0.556. The Morgan fingerprint density at radius 3 is 2.63 bits per heavy atom. The van der Waals surface area contributed by atoms with Gasteiger partial charge < -0.3 is 9.84 Å². The van der Waals surface area contributed by atoms with E-state index in [0.717, 1.165) is 0 Å². The number of carbonyl (C=O) groups is 2. The first-order valence-electron chi connectivity index (χ1n) is 12.3. The smallest absolute Gasteiger partial charge is 0.390 e. The van der Waals surface area contributed by atoms with E-state index in [9.17, 15) is 19.3 Å². The van der Waals surface area contributed by atoms with Gasteiger partial charge in [0.25, 0.3) is 0 Å². The number of phosphoric ester groups is 1. The number of aliphatic hydroxyl groups is 1. The van der Waals surface area contributed by atoms with Crippen molar-refractivity contribution in [1.82, 2.24) is 0 Å². The molecule has 1 aliphatic heterocycles. The minimum absolute atomic E-state index is 0.00387. The third kappa shape index (κ3) is 3.18. The predicted molar refractivity (Wildman–Crippen MR) is 123 cm³/mol. The number of carbonyl (C=O) groups excluding carboxylic acids is 2. The van der Waals surface area contributed by atoms with Gasteiger partial charge in [-0.3, -0.25) is 23.2 Å². The standard InChI is InChI=1S/C25H34FO8P/c1-15-11-19-18-6-5-16-12-17(27)7-8-22(16,2)24(18,26)20(28)13-23(19,3)25(15,31-4)21(29)14-34-35(30)32-9-10-33-35/h7-8,12,15,18-20,28H,5-6,9-11,13-14H2,1-4H3/t15-,18+,19+,20+,22+,23+,24+,25+/m1/s1. The maximum Gasteiger partial charge on any atom is 0.475 e. The Kier molecular flexibility index (Phi) is 5.91. The fraction of sp³-hybridized carbons (Fsp3) is 0.760. The third-order valence-electron chi connectivity index (χ3n) is 9.85. The number of ether oxygens (including phenoxy) is 1. The minimum Gasteiger partial charge on any atom is -0.390 e. The summed E-state index contributed by atoms with van der Waals surface area (Å²) in [5.41, 5.74) is -4.64. The van der Waals surface area contributed by atoms with Gasteiger partial charge in [-0.25, -0.2) is 8.96 Å². The zero-order valence-corrected chi connectivity index (χ0v) is 21.5. The molecule has 1 saturated heterocycles. The molecule has 8 atom stereocenters. The molecule has 4 aliphatic carbocycles. The summed E-state index contributed by atoms with van der Waals surface area (Å²) in [6.45, 7) is 5.27. The highest BCUT2D eigenvalue weighted by Gasteiger charge is 2.76. The second-order valence-electron chi connectivity index (χ2n) is 11.2. The number of hydrogen-bond acceptors (Lipinski definition) is 8. The zero-order chi connectivity index (χ0) is 25.4. The molecule has 5 aliphatic rings. The number of fused-ring (bicyclic) bond motifs is 5. The Morgan fingerprint density at radius 2 is 1.97 bits per heavy atom. The number of aliphatic hydroxyl groups excluding tert-OH is 1. The van der Waals surface area contributed by atoms with Gasteiger partial charge in [-0.05, 0) is 56.6 Å². The summed E-state index contributed by atoms with van der Waals surface area (Å²) < 4.78 is 51.1. The van der Waals surface area contributed by atoms with Gasteiger partial charge in [-0.1, -0.05) is 25.5 Å². The summed E-state index contributed by atoms with van der Waals surface area (Å²) in [5, 5.41) is 11.5. The third-order valence-corrected chi connectivity index (χ3v) is 11.3. The van der Waals surface area contributed by atoms with Crippen molar-refractivity contribution in [2.45, 2.75) is 63.8 Å². The molecule has 0 spiro atoms. The number of halogens is 1. The number of ketones is 2. The van der Waals surface area contributed by atoms with Crippen LogP contribution in [0.4, 0.5) is 4.39 Å². The van der Waals surface area contributed by atoms with Crippen LogP contribution >= 0.6 is 7.82 Å². The maximum absolute atomic E-state index is 17.3. The lowest BCUT2D eigenvalue weighted by Gasteiger charge is -2.63. The first kappa shape index (κ1) is 25.4. The Hall–Kier alpha value is -1.22. The molecule has 35 heavy (non-hydrogen) atoms. The van der Waals surface area contributed by atoms with Gasteiger partial charge in [-0.15, -0.1) is 0 Å². The highest BCUT2D eigenvalue weighted by molar-refractivity contribution is 7.48. The van der Waals surface area contributed by atoms with Crippen LogP contribution in [0.2, 0.25) is 0 Å². The lowest BCUT2D eigenvalue weighted by atomic mass is 9.44. The molecule has 0 amide bonds. The van der Waals surface area contributed by atoms with Gasteiger partial charge in [0.2, 0.25) is 0 Å². The summed E-state index contributed by atoms with van der Waals surface area (Å²) in [5.74, 6) is -1.68. The fourth-order valence-electron chi connectivity index (χ4n) is 8.33. The van der Waals surface area contributed by atoms with Crippen LogP contribution in [0.1, 0.15) is 46.5 Å². The topological polar surface area (TPSA) is 108 Å². The number of Topliss-reactive ketones (excluding diaryl/α,β-unsaturated/α-hetero) is 1. The number of alkyl halides is 1. The van der Waals surface area contributed by atoms with Crippen LogP contribution in [0.15, 0.2) is 23.8 Å². The number of rotatable bonds is 5. The number of methoxy groups -OCH3 is 1. The molecule has 3 saturated carbocycles. The van der Waals surface area contributed by atoms with E-state index < -0.39 is 54.3 Å². The van der Waals surface area contributed by atoms with Crippen molar-refractivity contribution in [2.75, 3.05) is 26.9 Å². The minimum atomic E-state index is -3.79. The summed E-state index contributed by atoms with van der Waals surface area (Å²) in [6, 6.07) is 0. The highest BCUT2D eigenvalue weighted by atomic mass is 31.2. The molecular weight excluding hydrogens is 478 g/mol. The molecule has 1 heterocycles. The van der Waals surface area contributed by atoms with Crippen molar-refractivity contribution < 1.29 is 42.0 Å². The molecule has 1 N–H and O–H groups in total. The molecule has 0 unspecified atom stereocenters. The van der Waals surface area contributed by atoms with E-state index in [-0.39, 0.29) is 37.3 Å². The lowest BCUT2D eigenvalue weighted by molar-refractivity contribution is -0.224. The van der Waals surface area contributed by atoms with E-state index in [1.165, 1.54) is 19.3 Å². The number of hydrogen-bond donors (Lipinski definition) is 1. The van der Waals surface area contributed by atoms with Gasteiger partial charge in [0.1, 0.15) is 12.2 Å². The van der Waals surface area contributed by atoms with E-state index in [4.69, 9.17) is 18.3 Å². The number of allylic oxidation sites excluding steroid dienone is 4. The van der Waals surface area contributed by atoms with Crippen molar-refractivity contribution in [1.29, 1.82) is 0 Å². The Morgan fingerprint density at radius 1 is 1.29 bits per heavy atom. The van der Waals surface area contributed by atoms with Gasteiger partial charge in [0.05, 0.1) is 19.3 Å². The molecule has 0 aromatic rings. The van der Waals surface area contributed by atoms with Crippen LogP contribution in [0, 0.1) is 28.6 Å². The van der Waals surface area contributed by atoms with Crippen molar-refractivity contribution >= 4 is 19.4 Å². The van der Waals surface area contributed by atoms with Crippen LogP contribution in [-0.2, 0) is 32.5 Å². The summed E-state index contributed by atoms with van der Waals surface area (Å²) >= 11 is 0. The van der Waals surface area contributed by atoms with Gasteiger partial charge >= 0.3 is 7.82 Å². The fourth-order valence-corrected chi connectivity index (χ4v) is 9.42. The van der Waals surface area contributed by atoms with E-state index >= 15 is 4.39 Å².